The summed E-state index contributed by atoms with van der Waals surface area (Å²) in [6, 6.07) is 9.98. The van der Waals surface area contributed by atoms with Crippen LogP contribution in [0.4, 0.5) is 5.82 Å². The molecule has 1 atom stereocenters. The fourth-order valence-electron chi connectivity index (χ4n) is 2.56. The lowest BCUT2D eigenvalue weighted by molar-refractivity contribution is 0.227. The van der Waals surface area contributed by atoms with Gasteiger partial charge in [-0.2, -0.15) is 0 Å². The summed E-state index contributed by atoms with van der Waals surface area (Å²) in [4.78, 5) is 9.00. The van der Waals surface area contributed by atoms with Gasteiger partial charge in [-0.3, -0.25) is 0 Å². The molecular weight excluding hydrogens is 238 g/mol. The third kappa shape index (κ3) is 1.93. The van der Waals surface area contributed by atoms with E-state index < -0.39 is 0 Å². The quantitative estimate of drug-likeness (QED) is 0.893. The maximum Gasteiger partial charge on any atom is 0.172 e. The molecular formula is C15H15N3O. The molecule has 2 aromatic rings. The highest BCUT2D eigenvalue weighted by Crippen LogP contribution is 2.41. The number of hydrogen-bond acceptors (Lipinski definition) is 4. The number of fused-ring (bicyclic) bond motifs is 1. The van der Waals surface area contributed by atoms with Crippen molar-refractivity contribution >= 4 is 5.82 Å². The van der Waals surface area contributed by atoms with Crippen molar-refractivity contribution in [1.29, 1.82) is 0 Å². The van der Waals surface area contributed by atoms with Crippen molar-refractivity contribution in [2.45, 2.75) is 31.3 Å². The minimum absolute atomic E-state index is 0.0987. The van der Waals surface area contributed by atoms with Crippen LogP contribution in [0.2, 0.25) is 0 Å². The fourth-order valence-corrected chi connectivity index (χ4v) is 2.56. The second-order valence-electron chi connectivity index (χ2n) is 5.27. The van der Waals surface area contributed by atoms with Crippen LogP contribution in [0.25, 0.3) is 0 Å². The molecule has 2 aliphatic rings. The molecule has 1 aromatic heterocycles. The molecule has 0 bridgehead atoms. The average Bonchev–Trinajstić information content (AvgIpc) is 3.17. The molecule has 0 spiro atoms. The van der Waals surface area contributed by atoms with Crippen LogP contribution in [0.5, 0.6) is 5.75 Å². The minimum Gasteiger partial charge on any atom is -0.482 e. The van der Waals surface area contributed by atoms with Crippen LogP contribution in [0.15, 0.2) is 30.3 Å². The molecule has 19 heavy (non-hydrogen) atoms. The average molecular weight is 253 g/mol. The topological polar surface area (TPSA) is 61.0 Å². The van der Waals surface area contributed by atoms with E-state index in [9.17, 15) is 0 Å². The number of rotatable bonds is 2. The molecule has 4 nitrogen and oxygen atoms in total. The van der Waals surface area contributed by atoms with E-state index >= 15 is 0 Å². The standard InChI is InChI=1S/C15H15N3O/c16-14-8-11(9-5-6-9)17-15(18-14)13-7-10-3-1-2-4-12(10)19-13/h1-4,8-9,13H,5-7H2,(H2,16,17,18). The van der Waals surface area contributed by atoms with Gasteiger partial charge in [0, 0.05) is 24.1 Å². The maximum atomic E-state index is 5.92. The normalized spacial score (nSPS) is 20.9. The van der Waals surface area contributed by atoms with Crippen LogP contribution in [0.3, 0.4) is 0 Å². The van der Waals surface area contributed by atoms with Crippen molar-refractivity contribution in [2.24, 2.45) is 0 Å². The van der Waals surface area contributed by atoms with Gasteiger partial charge in [0.15, 0.2) is 11.9 Å². The predicted octanol–water partition coefficient (Wildman–Crippen LogP) is 2.61. The summed E-state index contributed by atoms with van der Waals surface area (Å²) in [5, 5.41) is 0. The Bertz CT molecular complexity index is 612. The van der Waals surface area contributed by atoms with E-state index in [1.165, 1.54) is 18.4 Å². The van der Waals surface area contributed by atoms with E-state index in [1.54, 1.807) is 0 Å². The Kier molecular flexibility index (Phi) is 2.24. The van der Waals surface area contributed by atoms with Crippen LogP contribution in [0.1, 0.15) is 41.9 Å². The molecule has 0 amide bonds. The lowest BCUT2D eigenvalue weighted by Gasteiger charge is -2.11. The van der Waals surface area contributed by atoms with Gasteiger partial charge in [0.2, 0.25) is 0 Å². The fraction of sp³-hybridized carbons (Fsp3) is 0.333. The number of nitrogens with two attached hydrogens (primary N) is 1. The molecule has 4 heteroatoms. The third-order valence-electron chi connectivity index (χ3n) is 3.71. The number of nitrogen functional groups attached to an aromatic ring is 1. The Balaban J connectivity index is 1.67. The van der Waals surface area contributed by atoms with Gasteiger partial charge >= 0.3 is 0 Å². The number of nitrogens with zero attached hydrogens (tertiary/aromatic N) is 2. The Morgan fingerprint density at radius 3 is 2.79 bits per heavy atom. The molecule has 4 rings (SSSR count). The second kappa shape index (κ2) is 3.95. The first-order valence-electron chi connectivity index (χ1n) is 6.68. The van der Waals surface area contributed by atoms with Gasteiger partial charge in [0.05, 0.1) is 0 Å². The zero-order chi connectivity index (χ0) is 12.8. The van der Waals surface area contributed by atoms with E-state index in [4.69, 9.17) is 10.5 Å². The summed E-state index contributed by atoms with van der Waals surface area (Å²) >= 11 is 0. The van der Waals surface area contributed by atoms with E-state index in [0.29, 0.717) is 11.7 Å². The molecule has 0 radical (unpaired) electrons. The number of para-hydroxylation sites is 1. The third-order valence-corrected chi connectivity index (χ3v) is 3.71. The largest absolute Gasteiger partial charge is 0.482 e. The summed E-state index contributed by atoms with van der Waals surface area (Å²) in [5.74, 6) is 2.78. The number of aromatic nitrogens is 2. The van der Waals surface area contributed by atoms with Crippen molar-refractivity contribution in [3.63, 3.8) is 0 Å². The van der Waals surface area contributed by atoms with E-state index in [0.717, 1.165) is 23.7 Å². The van der Waals surface area contributed by atoms with Crippen molar-refractivity contribution in [3.8, 4) is 5.75 Å². The van der Waals surface area contributed by atoms with Crippen LogP contribution in [-0.4, -0.2) is 9.97 Å². The summed E-state index contributed by atoms with van der Waals surface area (Å²) in [6.07, 6.45) is 3.14. The van der Waals surface area contributed by atoms with Crippen molar-refractivity contribution in [3.05, 3.63) is 47.4 Å². The van der Waals surface area contributed by atoms with Gasteiger partial charge in [0.25, 0.3) is 0 Å². The summed E-state index contributed by atoms with van der Waals surface area (Å²) < 4.78 is 5.92. The zero-order valence-corrected chi connectivity index (χ0v) is 10.5. The first-order chi connectivity index (χ1) is 9.29. The van der Waals surface area contributed by atoms with Crippen LogP contribution >= 0.6 is 0 Å². The Labute approximate surface area is 111 Å². The molecule has 1 unspecified atom stereocenters. The van der Waals surface area contributed by atoms with Crippen molar-refractivity contribution in [2.75, 3.05) is 5.73 Å². The monoisotopic (exact) mass is 253 g/mol. The Morgan fingerprint density at radius 1 is 1.16 bits per heavy atom. The molecule has 96 valence electrons. The van der Waals surface area contributed by atoms with E-state index in [1.807, 2.05) is 24.3 Å². The highest BCUT2D eigenvalue weighted by molar-refractivity contribution is 5.39. The molecule has 1 aromatic carbocycles. The van der Waals surface area contributed by atoms with Crippen molar-refractivity contribution in [1.82, 2.24) is 9.97 Å². The van der Waals surface area contributed by atoms with Gasteiger partial charge in [-0.25, -0.2) is 9.97 Å². The summed E-state index contributed by atoms with van der Waals surface area (Å²) in [7, 11) is 0. The van der Waals surface area contributed by atoms with Gasteiger partial charge in [-0.15, -0.1) is 0 Å². The number of ether oxygens (including phenoxy) is 1. The number of benzene rings is 1. The highest BCUT2D eigenvalue weighted by atomic mass is 16.5. The van der Waals surface area contributed by atoms with Gasteiger partial charge in [-0.1, -0.05) is 18.2 Å². The van der Waals surface area contributed by atoms with Gasteiger partial charge < -0.3 is 10.5 Å². The first kappa shape index (κ1) is 10.8. The number of hydrogen-bond donors (Lipinski definition) is 1. The molecule has 2 N–H and O–H groups in total. The molecule has 1 aliphatic carbocycles. The molecule has 1 fully saturated rings. The second-order valence-corrected chi connectivity index (χ2v) is 5.27. The van der Waals surface area contributed by atoms with Crippen LogP contribution in [0, 0.1) is 0 Å². The van der Waals surface area contributed by atoms with E-state index in [-0.39, 0.29) is 6.10 Å². The highest BCUT2D eigenvalue weighted by Gasteiger charge is 2.30. The molecule has 2 heterocycles. The first-order valence-corrected chi connectivity index (χ1v) is 6.68. The van der Waals surface area contributed by atoms with Crippen LogP contribution < -0.4 is 10.5 Å². The van der Waals surface area contributed by atoms with E-state index in [2.05, 4.69) is 16.0 Å². The SMILES string of the molecule is Nc1cc(C2CC2)nc(C2Cc3ccccc3O2)n1. The zero-order valence-electron chi connectivity index (χ0n) is 10.5. The van der Waals surface area contributed by atoms with Crippen LogP contribution in [-0.2, 0) is 6.42 Å². The van der Waals surface area contributed by atoms with Gasteiger partial charge in [0.1, 0.15) is 11.6 Å². The predicted molar refractivity (Wildman–Crippen MR) is 71.9 cm³/mol. The number of anilines is 1. The Morgan fingerprint density at radius 2 is 2.00 bits per heavy atom. The Hall–Kier alpha value is -2.10. The molecule has 0 saturated heterocycles. The minimum atomic E-state index is -0.0987. The summed E-state index contributed by atoms with van der Waals surface area (Å²) in [5.41, 5.74) is 8.18. The molecule has 1 saturated carbocycles. The van der Waals surface area contributed by atoms with Crippen molar-refractivity contribution < 1.29 is 4.74 Å². The smallest absolute Gasteiger partial charge is 0.172 e. The van der Waals surface area contributed by atoms with Gasteiger partial charge in [-0.05, 0) is 24.5 Å². The summed E-state index contributed by atoms with van der Waals surface area (Å²) in [6.45, 7) is 0. The molecule has 1 aliphatic heterocycles. The lowest BCUT2D eigenvalue weighted by Crippen LogP contribution is -2.11. The lowest BCUT2D eigenvalue weighted by atomic mass is 10.1. The maximum absolute atomic E-state index is 5.92.